The summed E-state index contributed by atoms with van der Waals surface area (Å²) in [5.41, 5.74) is 3.04. The predicted molar refractivity (Wildman–Crippen MR) is 238 cm³/mol. The second-order valence-electron chi connectivity index (χ2n) is 16.4. The molecule has 336 valence electrons. The smallest absolute Gasteiger partial charge is 0.410 e. The molecule has 0 unspecified atom stereocenters. The molecular formula is C43H50N18O4. The highest BCUT2D eigenvalue weighted by atomic mass is 16.6. The van der Waals surface area contributed by atoms with Crippen molar-refractivity contribution in [1.29, 1.82) is 10.5 Å². The molecule has 22 heteroatoms. The van der Waals surface area contributed by atoms with E-state index in [1.54, 1.807) is 31.1 Å². The number of carbonyl (C=O) groups is 1. The fourth-order valence-electron chi connectivity index (χ4n) is 6.90. The summed E-state index contributed by atoms with van der Waals surface area (Å²) in [5, 5.41) is 42.1. The van der Waals surface area contributed by atoms with Crippen LogP contribution >= 0.6 is 0 Å². The number of aryl methyl sites for hydroxylation is 2. The topological polar surface area (TPSA) is 292 Å². The molecule has 2 aliphatic heterocycles. The van der Waals surface area contributed by atoms with Gasteiger partial charge in [-0.1, -0.05) is 10.3 Å². The molecule has 0 saturated carbocycles. The molecule has 0 aromatic carbocycles. The summed E-state index contributed by atoms with van der Waals surface area (Å²) >= 11 is 0. The highest BCUT2D eigenvalue weighted by Gasteiger charge is 2.27. The zero-order chi connectivity index (χ0) is 45.8. The lowest BCUT2D eigenvalue weighted by Gasteiger charge is -2.33. The van der Waals surface area contributed by atoms with Crippen molar-refractivity contribution in [3.63, 3.8) is 0 Å². The Labute approximate surface area is 375 Å². The van der Waals surface area contributed by atoms with E-state index in [-0.39, 0.29) is 17.5 Å². The van der Waals surface area contributed by atoms with Gasteiger partial charge >= 0.3 is 6.09 Å². The normalized spacial score (nSPS) is 14.3. The van der Waals surface area contributed by atoms with E-state index in [1.165, 1.54) is 24.8 Å². The van der Waals surface area contributed by atoms with Crippen molar-refractivity contribution in [1.82, 2.24) is 60.4 Å². The summed E-state index contributed by atoms with van der Waals surface area (Å²) in [6, 6.07) is 7.61. The monoisotopic (exact) mass is 882 g/mol. The lowest BCUT2D eigenvalue weighted by molar-refractivity contribution is 0.0188. The fourth-order valence-corrected chi connectivity index (χ4v) is 6.90. The Kier molecular flexibility index (Phi) is 14.6. The van der Waals surface area contributed by atoms with Crippen LogP contribution in [-0.4, -0.2) is 106 Å². The van der Waals surface area contributed by atoms with E-state index in [1.807, 2.05) is 45.0 Å². The number of nitrogens with zero attached hydrogens (tertiary/aromatic N) is 13. The van der Waals surface area contributed by atoms with Crippen LogP contribution in [0.15, 0.2) is 58.4 Å². The molecule has 0 atom stereocenters. The Morgan fingerprint density at radius 3 is 1.57 bits per heavy atom. The van der Waals surface area contributed by atoms with E-state index in [9.17, 15) is 4.79 Å². The van der Waals surface area contributed by atoms with Crippen LogP contribution in [0.5, 0.6) is 0 Å². The molecule has 8 rings (SSSR count). The van der Waals surface area contributed by atoms with Gasteiger partial charge < -0.3 is 45.3 Å². The summed E-state index contributed by atoms with van der Waals surface area (Å²) in [5.74, 6) is 4.95. The van der Waals surface area contributed by atoms with E-state index in [0.717, 1.165) is 62.3 Å². The van der Waals surface area contributed by atoms with Gasteiger partial charge in [0.2, 0.25) is 0 Å². The average Bonchev–Trinajstić information content (AvgIpc) is 3.96. The zero-order valence-corrected chi connectivity index (χ0v) is 36.8. The van der Waals surface area contributed by atoms with Crippen LogP contribution in [0.3, 0.4) is 0 Å². The van der Waals surface area contributed by atoms with Gasteiger partial charge in [0.1, 0.15) is 41.0 Å². The fraction of sp³-hybridized carbons (Fsp3) is 0.419. The highest BCUT2D eigenvalue weighted by molar-refractivity contribution is 5.76. The van der Waals surface area contributed by atoms with E-state index in [2.05, 4.69) is 76.8 Å². The van der Waals surface area contributed by atoms with Gasteiger partial charge in [0.25, 0.3) is 11.8 Å². The Hall–Kier alpha value is -7.85. The van der Waals surface area contributed by atoms with Crippen molar-refractivity contribution >= 4 is 40.7 Å². The van der Waals surface area contributed by atoms with Gasteiger partial charge in [0.05, 0.1) is 47.3 Å². The molecule has 2 aliphatic rings. The molecule has 8 heterocycles. The minimum atomic E-state index is -0.505. The lowest BCUT2D eigenvalue weighted by Crippen LogP contribution is -2.42. The molecule has 0 bridgehead atoms. The lowest BCUT2D eigenvalue weighted by atomic mass is 9.97. The van der Waals surface area contributed by atoms with Gasteiger partial charge in [-0.2, -0.15) is 20.5 Å². The van der Waals surface area contributed by atoms with Crippen molar-refractivity contribution in [2.45, 2.75) is 65.9 Å². The molecule has 6 aromatic heterocycles. The number of hydrogen-bond donors (Lipinski definition) is 5. The Morgan fingerprint density at radius 1 is 0.708 bits per heavy atom. The molecule has 2 saturated heterocycles. The number of hydrogen-bond acceptors (Lipinski definition) is 21. The van der Waals surface area contributed by atoms with E-state index < -0.39 is 5.60 Å². The van der Waals surface area contributed by atoms with Crippen molar-refractivity contribution in [2.75, 3.05) is 60.5 Å². The van der Waals surface area contributed by atoms with Crippen LogP contribution in [0.1, 0.15) is 69.5 Å². The van der Waals surface area contributed by atoms with Crippen LogP contribution in [0.2, 0.25) is 0 Å². The maximum Gasteiger partial charge on any atom is 0.410 e. The third-order valence-corrected chi connectivity index (χ3v) is 10.3. The maximum atomic E-state index is 12.4. The van der Waals surface area contributed by atoms with Crippen molar-refractivity contribution in [3.05, 3.63) is 72.4 Å². The summed E-state index contributed by atoms with van der Waals surface area (Å²) in [7, 11) is 0. The molecule has 1 amide bonds. The number of rotatable bonds is 12. The van der Waals surface area contributed by atoms with Crippen molar-refractivity contribution < 1.29 is 18.6 Å². The quantitative estimate of drug-likeness (QED) is 0.0919. The molecule has 0 aliphatic carbocycles. The van der Waals surface area contributed by atoms with Gasteiger partial charge in [-0.05, 0) is 85.2 Å². The van der Waals surface area contributed by atoms with Gasteiger partial charge in [-0.15, -0.1) is 0 Å². The first-order chi connectivity index (χ1) is 31.4. The Morgan fingerprint density at radius 2 is 1.17 bits per heavy atom. The maximum absolute atomic E-state index is 12.4. The molecular weight excluding hydrogens is 833 g/mol. The van der Waals surface area contributed by atoms with Crippen LogP contribution < -0.4 is 26.6 Å². The van der Waals surface area contributed by atoms with Crippen molar-refractivity contribution in [2.24, 2.45) is 11.8 Å². The zero-order valence-electron chi connectivity index (χ0n) is 36.8. The first kappa shape index (κ1) is 45.2. The second kappa shape index (κ2) is 21.0. The minimum Gasteiger partial charge on any atom is -0.444 e. The summed E-state index contributed by atoms with van der Waals surface area (Å²) in [4.78, 5) is 48.1. The molecule has 6 aromatic rings. The van der Waals surface area contributed by atoms with E-state index >= 15 is 0 Å². The number of carbonyl (C=O) groups excluding carboxylic acids is 1. The number of pyridine rings is 2. The third-order valence-electron chi connectivity index (χ3n) is 10.3. The Balaban J connectivity index is 0.000000198. The number of amides is 1. The van der Waals surface area contributed by atoms with Crippen LogP contribution in [0.25, 0.3) is 22.9 Å². The first-order valence-corrected chi connectivity index (χ1v) is 21.2. The van der Waals surface area contributed by atoms with Crippen molar-refractivity contribution in [3.8, 4) is 35.0 Å². The van der Waals surface area contributed by atoms with Gasteiger partial charge in [0, 0.05) is 50.7 Å². The highest BCUT2D eigenvalue weighted by Crippen LogP contribution is 2.32. The number of aromatic nitrogens is 10. The molecule has 2 fully saturated rings. The molecule has 22 nitrogen and oxygen atoms in total. The first-order valence-electron chi connectivity index (χ1n) is 21.2. The minimum absolute atomic E-state index is 0.232. The number of likely N-dealkylation sites (tertiary alicyclic amines) is 1. The van der Waals surface area contributed by atoms with Gasteiger partial charge in [-0.25, -0.2) is 34.7 Å². The predicted octanol–water partition coefficient (Wildman–Crippen LogP) is 6.16. The summed E-state index contributed by atoms with van der Waals surface area (Å²) < 4.78 is 16.2. The number of piperidine rings is 2. The molecule has 65 heavy (non-hydrogen) atoms. The summed E-state index contributed by atoms with van der Waals surface area (Å²) in [6.07, 6.45) is 12.8. The van der Waals surface area contributed by atoms with Gasteiger partial charge in [-0.3, -0.25) is 0 Å². The van der Waals surface area contributed by atoms with Crippen LogP contribution in [0.4, 0.5) is 39.4 Å². The number of nitrogens with one attached hydrogen (secondary N) is 5. The third kappa shape index (κ3) is 12.9. The largest absolute Gasteiger partial charge is 0.444 e. The summed E-state index contributed by atoms with van der Waals surface area (Å²) in [6.45, 7) is 14.1. The van der Waals surface area contributed by atoms with Crippen LogP contribution in [-0.2, 0) is 4.74 Å². The molecule has 0 radical (unpaired) electrons. The standard InChI is InChI=1S/C24H29N9O3.C19H21N9O/c1-15-30-22(36-32-15)18-13-29-20(31-21-14-26-17(10-25)12-28-21)9-19(18)27-11-16-5-7-33(8-6-16)23(34)35-24(2,3)4;1-12-26-19(29-28-12)15-10-25-17(27-18-11-22-14(7-20)9-24-18)6-16(15)23-8-13-2-4-21-5-3-13/h9,12-14,16H,5-8,11H2,1-4H3,(H2,27,28,29,31);6,9-11,13,21H,2-5,8H2,1H3,(H2,23,24,25,27). The van der Waals surface area contributed by atoms with E-state index in [0.29, 0.717) is 83.7 Å². The number of anilines is 6. The number of ether oxygens (including phenoxy) is 1. The van der Waals surface area contributed by atoms with E-state index in [4.69, 9.17) is 24.3 Å². The van der Waals surface area contributed by atoms with Gasteiger partial charge in [0.15, 0.2) is 23.0 Å². The molecule has 5 N–H and O–H groups in total. The number of nitriles is 2. The SMILES string of the molecule is Cc1noc(-c2cnc(Nc3cnc(C#N)cn3)cc2NCC2CCN(C(=O)OC(C)(C)C)CC2)n1.Cc1noc(-c2cnc(Nc3cnc(C#N)cn3)cc2NCC2CCNCC2)n1. The average molecular weight is 883 g/mol. The second-order valence-corrected chi connectivity index (χ2v) is 16.4. The van der Waals surface area contributed by atoms with Crippen LogP contribution in [0, 0.1) is 48.3 Å². The Bertz CT molecular complexity index is 2600. The molecule has 0 spiro atoms.